The predicted molar refractivity (Wildman–Crippen MR) is 147 cm³/mol. The van der Waals surface area contributed by atoms with E-state index in [4.69, 9.17) is 14.7 Å². The topological polar surface area (TPSA) is 96.9 Å². The Labute approximate surface area is 221 Å². The van der Waals surface area contributed by atoms with Crippen molar-refractivity contribution in [3.8, 4) is 16.9 Å². The van der Waals surface area contributed by atoms with E-state index < -0.39 is 5.91 Å². The zero-order valence-electron chi connectivity index (χ0n) is 21.0. The molecule has 1 unspecified atom stereocenters. The average Bonchev–Trinajstić information content (AvgIpc) is 2.97. The Morgan fingerprint density at radius 3 is 2.08 bits per heavy atom. The molecule has 0 saturated heterocycles. The molecule has 0 bridgehead atoms. The SMILES string of the molecule is COc1ccc(C(=O)Nc2cc(-c3ccc(C(=O)NO)cc3)cc(C(C=Cc3ccccc3)OC)c2)cc1. The standard InChI is InChI=1S/C31H28N2O5/c1-37-28-15-13-23(14-16-28)30(34)32-27-19-25(22-9-11-24(12-10-22)31(35)33-36)18-26(20-27)29(38-2)17-8-21-6-4-3-5-7-21/h3-20,29,36H,1-2H3,(H,32,34)(H,33,35). The third-order valence-corrected chi connectivity index (χ3v) is 5.99. The van der Waals surface area contributed by atoms with E-state index in [1.165, 1.54) is 0 Å². The minimum Gasteiger partial charge on any atom is -0.497 e. The van der Waals surface area contributed by atoms with Gasteiger partial charge >= 0.3 is 0 Å². The normalized spacial score (nSPS) is 11.7. The van der Waals surface area contributed by atoms with Crippen molar-refractivity contribution in [2.75, 3.05) is 19.5 Å². The third-order valence-electron chi connectivity index (χ3n) is 5.99. The van der Waals surface area contributed by atoms with Gasteiger partial charge in [0.2, 0.25) is 0 Å². The summed E-state index contributed by atoms with van der Waals surface area (Å²) in [5, 5.41) is 11.9. The first-order chi connectivity index (χ1) is 18.5. The van der Waals surface area contributed by atoms with Crippen molar-refractivity contribution >= 4 is 23.6 Å². The number of methoxy groups -OCH3 is 2. The number of hydrogen-bond donors (Lipinski definition) is 3. The van der Waals surface area contributed by atoms with Crippen LogP contribution >= 0.6 is 0 Å². The van der Waals surface area contributed by atoms with Crippen LogP contribution in [0.2, 0.25) is 0 Å². The maximum atomic E-state index is 13.0. The molecule has 4 aromatic carbocycles. The summed E-state index contributed by atoms with van der Waals surface area (Å²) in [4.78, 5) is 24.8. The van der Waals surface area contributed by atoms with Crippen LogP contribution < -0.4 is 15.5 Å². The van der Waals surface area contributed by atoms with Crippen molar-refractivity contribution in [2.45, 2.75) is 6.10 Å². The maximum absolute atomic E-state index is 13.0. The van der Waals surface area contributed by atoms with Gasteiger partial charge in [-0.05, 0) is 76.9 Å². The summed E-state index contributed by atoms with van der Waals surface area (Å²) >= 11 is 0. The highest BCUT2D eigenvalue weighted by Gasteiger charge is 2.14. The molecule has 0 aliphatic carbocycles. The molecule has 0 spiro atoms. The van der Waals surface area contributed by atoms with Gasteiger partial charge in [0.25, 0.3) is 11.8 Å². The Kier molecular flexibility index (Phi) is 8.66. The van der Waals surface area contributed by atoms with Gasteiger partial charge in [0.05, 0.1) is 7.11 Å². The quantitative estimate of drug-likeness (QED) is 0.187. The molecule has 7 nitrogen and oxygen atoms in total. The van der Waals surface area contributed by atoms with E-state index in [-0.39, 0.29) is 12.0 Å². The Balaban J connectivity index is 1.70. The summed E-state index contributed by atoms with van der Waals surface area (Å²) in [7, 11) is 3.20. The number of nitrogens with one attached hydrogen (secondary N) is 2. The minimum atomic E-state index is -0.594. The minimum absolute atomic E-state index is 0.264. The smallest absolute Gasteiger partial charge is 0.274 e. The number of ether oxygens (including phenoxy) is 2. The Hall–Kier alpha value is -4.72. The largest absolute Gasteiger partial charge is 0.497 e. The molecule has 192 valence electrons. The number of hydrogen-bond acceptors (Lipinski definition) is 5. The fourth-order valence-corrected chi connectivity index (χ4v) is 3.97. The summed E-state index contributed by atoms with van der Waals surface area (Å²) in [5.74, 6) is -0.194. The van der Waals surface area contributed by atoms with Crippen LogP contribution in [-0.2, 0) is 4.74 Å². The van der Waals surface area contributed by atoms with Gasteiger partial charge < -0.3 is 14.8 Å². The Morgan fingerprint density at radius 2 is 1.45 bits per heavy atom. The monoisotopic (exact) mass is 508 g/mol. The molecule has 3 N–H and O–H groups in total. The first kappa shape index (κ1) is 26.3. The van der Waals surface area contributed by atoms with Gasteiger partial charge in [-0.15, -0.1) is 0 Å². The fourth-order valence-electron chi connectivity index (χ4n) is 3.97. The van der Waals surface area contributed by atoms with Crippen LogP contribution in [0.1, 0.15) is 37.9 Å². The van der Waals surface area contributed by atoms with Gasteiger partial charge in [-0.3, -0.25) is 14.8 Å². The fraction of sp³-hybridized carbons (Fsp3) is 0.0968. The molecule has 0 aromatic heterocycles. The summed E-state index contributed by atoms with van der Waals surface area (Å²) < 4.78 is 11.0. The van der Waals surface area contributed by atoms with E-state index in [0.717, 1.165) is 22.3 Å². The van der Waals surface area contributed by atoms with E-state index in [1.807, 2.05) is 60.7 Å². The second kappa shape index (κ2) is 12.5. The van der Waals surface area contributed by atoms with E-state index in [0.29, 0.717) is 22.6 Å². The van der Waals surface area contributed by atoms with Gasteiger partial charge in [0.1, 0.15) is 11.9 Å². The van der Waals surface area contributed by atoms with E-state index in [1.54, 1.807) is 68.2 Å². The highest BCUT2D eigenvalue weighted by molar-refractivity contribution is 6.04. The number of rotatable bonds is 9. The molecule has 4 rings (SSSR count). The molecule has 0 aliphatic rings. The zero-order valence-corrected chi connectivity index (χ0v) is 21.0. The number of hydroxylamine groups is 1. The van der Waals surface area contributed by atoms with Crippen LogP contribution in [-0.4, -0.2) is 31.2 Å². The first-order valence-corrected chi connectivity index (χ1v) is 11.9. The molecular formula is C31H28N2O5. The van der Waals surface area contributed by atoms with Crippen LogP contribution in [0.15, 0.2) is 103 Å². The summed E-state index contributed by atoms with van der Waals surface area (Å²) in [5.41, 5.74) is 6.55. The average molecular weight is 509 g/mol. The molecule has 4 aromatic rings. The number of carbonyl (C=O) groups excluding carboxylic acids is 2. The second-order valence-electron chi connectivity index (χ2n) is 8.47. The van der Waals surface area contributed by atoms with Crippen molar-refractivity contribution in [1.29, 1.82) is 0 Å². The molecule has 0 fully saturated rings. The van der Waals surface area contributed by atoms with Gasteiger partial charge in [-0.1, -0.05) is 54.6 Å². The molecule has 0 radical (unpaired) electrons. The van der Waals surface area contributed by atoms with Gasteiger partial charge in [-0.2, -0.15) is 0 Å². The number of anilines is 1. The van der Waals surface area contributed by atoms with E-state index in [2.05, 4.69) is 5.32 Å². The maximum Gasteiger partial charge on any atom is 0.274 e. The molecular weight excluding hydrogens is 480 g/mol. The lowest BCUT2D eigenvalue weighted by atomic mass is 9.97. The predicted octanol–water partition coefficient (Wildman–Crippen LogP) is 6.13. The van der Waals surface area contributed by atoms with Gasteiger partial charge in [-0.25, -0.2) is 5.48 Å². The van der Waals surface area contributed by atoms with E-state index >= 15 is 0 Å². The van der Waals surface area contributed by atoms with Crippen LogP contribution in [0.3, 0.4) is 0 Å². The highest BCUT2D eigenvalue weighted by atomic mass is 16.5. The summed E-state index contributed by atoms with van der Waals surface area (Å²) in [6.07, 6.45) is 3.56. The van der Waals surface area contributed by atoms with E-state index in [9.17, 15) is 9.59 Å². The number of benzene rings is 4. The third kappa shape index (κ3) is 6.53. The van der Waals surface area contributed by atoms with Crippen molar-refractivity contribution in [2.24, 2.45) is 0 Å². The van der Waals surface area contributed by atoms with Crippen molar-refractivity contribution in [3.05, 3.63) is 125 Å². The molecule has 1 atom stereocenters. The Morgan fingerprint density at radius 1 is 0.789 bits per heavy atom. The Bertz CT molecular complexity index is 1420. The van der Waals surface area contributed by atoms with Crippen molar-refractivity contribution in [1.82, 2.24) is 5.48 Å². The molecule has 38 heavy (non-hydrogen) atoms. The molecule has 0 saturated carbocycles. The second-order valence-corrected chi connectivity index (χ2v) is 8.47. The lowest BCUT2D eigenvalue weighted by Gasteiger charge is -2.16. The van der Waals surface area contributed by atoms with Gasteiger partial charge in [0, 0.05) is 23.9 Å². The van der Waals surface area contributed by atoms with Crippen LogP contribution in [0.4, 0.5) is 5.69 Å². The van der Waals surface area contributed by atoms with Crippen molar-refractivity contribution in [3.63, 3.8) is 0 Å². The molecule has 0 heterocycles. The lowest BCUT2D eigenvalue weighted by Crippen LogP contribution is -2.18. The zero-order chi connectivity index (χ0) is 26.9. The summed E-state index contributed by atoms with van der Waals surface area (Å²) in [6, 6.07) is 29.3. The summed E-state index contributed by atoms with van der Waals surface area (Å²) in [6.45, 7) is 0. The van der Waals surface area contributed by atoms with Crippen molar-refractivity contribution < 1.29 is 24.3 Å². The van der Waals surface area contributed by atoms with Crippen LogP contribution in [0.25, 0.3) is 17.2 Å². The van der Waals surface area contributed by atoms with Crippen LogP contribution in [0.5, 0.6) is 5.75 Å². The number of amides is 2. The van der Waals surface area contributed by atoms with Gasteiger partial charge in [0.15, 0.2) is 0 Å². The molecule has 2 amide bonds. The first-order valence-electron chi connectivity index (χ1n) is 11.9. The number of carbonyl (C=O) groups is 2. The molecule has 7 heteroatoms. The lowest BCUT2D eigenvalue weighted by molar-refractivity contribution is 0.0706. The van der Waals surface area contributed by atoms with Crippen LogP contribution in [0, 0.1) is 0 Å². The molecule has 0 aliphatic heterocycles. The highest BCUT2D eigenvalue weighted by Crippen LogP contribution is 2.31.